The van der Waals surface area contributed by atoms with Gasteiger partial charge in [0.05, 0.1) is 7.11 Å². The van der Waals surface area contributed by atoms with Crippen LogP contribution >= 0.6 is 11.6 Å². The van der Waals surface area contributed by atoms with Crippen LogP contribution in [0.2, 0.25) is 5.02 Å². The molecule has 0 aliphatic heterocycles. The highest BCUT2D eigenvalue weighted by Crippen LogP contribution is 2.20. The zero-order valence-electron chi connectivity index (χ0n) is 10.6. The minimum Gasteiger partial charge on any atom is -0.494 e. The van der Waals surface area contributed by atoms with Crippen LogP contribution in [0.3, 0.4) is 0 Å². The minimum atomic E-state index is -0.630. The molecule has 0 saturated heterocycles. The highest BCUT2D eigenvalue weighted by atomic mass is 35.5. The Hall–Kier alpha value is -1.94. The summed E-state index contributed by atoms with van der Waals surface area (Å²) in [4.78, 5) is 12.0. The summed E-state index contributed by atoms with van der Waals surface area (Å²) in [6.07, 6.45) is -0.158. The average Bonchev–Trinajstić information content (AvgIpc) is 2.41. The quantitative estimate of drug-likeness (QED) is 0.796. The standard InChI is InChI=1S/C15H11ClF2O2/c1-20-15-5-3-10(6-13(15)18)14(19)7-9-2-4-11(16)8-12(9)17/h2-6,8H,7H2,1H3. The van der Waals surface area contributed by atoms with Gasteiger partial charge in [-0.05, 0) is 35.9 Å². The van der Waals surface area contributed by atoms with E-state index >= 15 is 0 Å². The van der Waals surface area contributed by atoms with Crippen molar-refractivity contribution in [1.29, 1.82) is 0 Å². The van der Waals surface area contributed by atoms with Gasteiger partial charge in [0, 0.05) is 17.0 Å². The molecule has 104 valence electrons. The number of hydrogen-bond acceptors (Lipinski definition) is 2. The van der Waals surface area contributed by atoms with Gasteiger partial charge in [-0.1, -0.05) is 17.7 Å². The molecule has 20 heavy (non-hydrogen) atoms. The van der Waals surface area contributed by atoms with Crippen LogP contribution in [-0.2, 0) is 6.42 Å². The fourth-order valence-corrected chi connectivity index (χ4v) is 1.94. The molecule has 2 aromatic rings. The molecule has 0 heterocycles. The monoisotopic (exact) mass is 296 g/mol. The first-order valence-corrected chi connectivity index (χ1v) is 6.19. The lowest BCUT2D eigenvalue weighted by Gasteiger charge is -2.06. The third-order valence-electron chi connectivity index (χ3n) is 2.84. The zero-order valence-corrected chi connectivity index (χ0v) is 11.4. The maximum atomic E-state index is 13.6. The van der Waals surface area contributed by atoms with E-state index in [2.05, 4.69) is 0 Å². The Bertz CT molecular complexity index is 656. The lowest BCUT2D eigenvalue weighted by molar-refractivity contribution is 0.0991. The number of hydrogen-bond donors (Lipinski definition) is 0. The molecule has 0 radical (unpaired) electrons. The molecule has 0 aliphatic rings. The van der Waals surface area contributed by atoms with Crippen LogP contribution in [0.1, 0.15) is 15.9 Å². The molecule has 0 fully saturated rings. The fraction of sp³-hybridized carbons (Fsp3) is 0.133. The summed E-state index contributed by atoms with van der Waals surface area (Å²) in [5.74, 6) is -1.51. The summed E-state index contributed by atoms with van der Waals surface area (Å²) < 4.78 is 31.9. The number of methoxy groups -OCH3 is 1. The molecule has 0 aromatic heterocycles. The van der Waals surface area contributed by atoms with Gasteiger partial charge in [-0.25, -0.2) is 8.78 Å². The van der Waals surface area contributed by atoms with E-state index in [1.165, 1.54) is 31.4 Å². The van der Waals surface area contributed by atoms with Gasteiger partial charge >= 0.3 is 0 Å². The van der Waals surface area contributed by atoms with Crippen LogP contribution < -0.4 is 4.74 Å². The second kappa shape index (κ2) is 6.01. The number of carbonyl (C=O) groups is 1. The van der Waals surface area contributed by atoms with E-state index in [0.717, 1.165) is 12.1 Å². The van der Waals surface area contributed by atoms with Crippen LogP contribution in [0, 0.1) is 11.6 Å². The van der Waals surface area contributed by atoms with E-state index in [1.54, 1.807) is 0 Å². The van der Waals surface area contributed by atoms with Gasteiger partial charge in [-0.3, -0.25) is 4.79 Å². The first-order valence-electron chi connectivity index (χ1n) is 5.82. The summed E-state index contributed by atoms with van der Waals surface area (Å²) in [5.41, 5.74) is 0.383. The number of Topliss-reactive ketones (excluding diaryl/α,β-unsaturated/α-hetero) is 1. The highest BCUT2D eigenvalue weighted by Gasteiger charge is 2.13. The molecule has 2 aromatic carbocycles. The van der Waals surface area contributed by atoms with Gasteiger partial charge in [-0.15, -0.1) is 0 Å². The van der Waals surface area contributed by atoms with Gasteiger partial charge in [0.25, 0.3) is 0 Å². The van der Waals surface area contributed by atoms with E-state index in [9.17, 15) is 13.6 Å². The molecule has 0 spiro atoms. The van der Waals surface area contributed by atoms with Gasteiger partial charge < -0.3 is 4.74 Å². The Balaban J connectivity index is 2.21. The normalized spacial score (nSPS) is 10.4. The Morgan fingerprint density at radius 3 is 2.50 bits per heavy atom. The predicted molar refractivity (Wildman–Crippen MR) is 72.4 cm³/mol. The Morgan fingerprint density at radius 2 is 1.90 bits per heavy atom. The molecule has 0 amide bonds. The number of ether oxygens (including phenoxy) is 1. The second-order valence-electron chi connectivity index (χ2n) is 4.19. The van der Waals surface area contributed by atoms with E-state index in [-0.39, 0.29) is 34.1 Å². The van der Waals surface area contributed by atoms with Crippen molar-refractivity contribution in [3.8, 4) is 5.75 Å². The third-order valence-corrected chi connectivity index (χ3v) is 3.07. The maximum Gasteiger partial charge on any atom is 0.167 e. The lowest BCUT2D eigenvalue weighted by Crippen LogP contribution is -2.06. The van der Waals surface area contributed by atoms with E-state index in [4.69, 9.17) is 16.3 Å². The first kappa shape index (κ1) is 14.5. The average molecular weight is 297 g/mol. The topological polar surface area (TPSA) is 26.3 Å². The molecule has 0 unspecified atom stereocenters. The molecular weight excluding hydrogens is 286 g/mol. The highest BCUT2D eigenvalue weighted by molar-refractivity contribution is 6.30. The summed E-state index contributed by atoms with van der Waals surface area (Å²) in [5, 5.41) is 0.259. The van der Waals surface area contributed by atoms with Crippen molar-refractivity contribution < 1.29 is 18.3 Å². The van der Waals surface area contributed by atoms with E-state index in [0.29, 0.717) is 0 Å². The van der Waals surface area contributed by atoms with Crippen molar-refractivity contribution in [2.24, 2.45) is 0 Å². The number of carbonyl (C=O) groups excluding carboxylic acids is 1. The number of benzene rings is 2. The molecule has 0 N–H and O–H groups in total. The van der Waals surface area contributed by atoms with E-state index < -0.39 is 11.6 Å². The fourth-order valence-electron chi connectivity index (χ4n) is 1.78. The molecular formula is C15H11ClF2O2. The Labute approximate surface area is 119 Å². The number of ketones is 1. The van der Waals surface area contributed by atoms with Crippen molar-refractivity contribution in [1.82, 2.24) is 0 Å². The number of halogens is 3. The van der Waals surface area contributed by atoms with Gasteiger partial charge in [-0.2, -0.15) is 0 Å². The first-order chi connectivity index (χ1) is 9.51. The van der Waals surface area contributed by atoms with Crippen molar-refractivity contribution in [3.63, 3.8) is 0 Å². The third kappa shape index (κ3) is 3.14. The van der Waals surface area contributed by atoms with Crippen LogP contribution in [0.15, 0.2) is 36.4 Å². The summed E-state index contributed by atoms with van der Waals surface area (Å²) in [6, 6.07) is 7.96. The van der Waals surface area contributed by atoms with Crippen LogP contribution in [0.4, 0.5) is 8.78 Å². The minimum absolute atomic E-state index is 0.0548. The summed E-state index contributed by atoms with van der Waals surface area (Å²) in [7, 11) is 1.34. The van der Waals surface area contributed by atoms with Gasteiger partial charge in [0.15, 0.2) is 17.3 Å². The molecule has 0 aliphatic carbocycles. The summed E-state index contributed by atoms with van der Waals surface area (Å²) >= 11 is 5.64. The van der Waals surface area contributed by atoms with Crippen LogP contribution in [0.25, 0.3) is 0 Å². The van der Waals surface area contributed by atoms with Gasteiger partial charge in [0.2, 0.25) is 0 Å². The zero-order chi connectivity index (χ0) is 14.7. The predicted octanol–water partition coefficient (Wildman–Crippen LogP) is 4.05. The van der Waals surface area contributed by atoms with Crippen LogP contribution in [-0.4, -0.2) is 12.9 Å². The van der Waals surface area contributed by atoms with Crippen molar-refractivity contribution >= 4 is 17.4 Å². The lowest BCUT2D eigenvalue weighted by atomic mass is 10.0. The smallest absolute Gasteiger partial charge is 0.167 e. The Morgan fingerprint density at radius 1 is 1.15 bits per heavy atom. The molecule has 0 saturated carbocycles. The molecule has 5 heteroatoms. The molecule has 2 rings (SSSR count). The number of rotatable bonds is 4. The van der Waals surface area contributed by atoms with E-state index in [1.807, 2.05) is 0 Å². The van der Waals surface area contributed by atoms with Crippen molar-refractivity contribution in [2.45, 2.75) is 6.42 Å². The second-order valence-corrected chi connectivity index (χ2v) is 4.62. The largest absolute Gasteiger partial charge is 0.494 e. The molecule has 0 atom stereocenters. The molecule has 0 bridgehead atoms. The summed E-state index contributed by atoms with van der Waals surface area (Å²) in [6.45, 7) is 0. The Kier molecular flexibility index (Phi) is 4.35. The van der Waals surface area contributed by atoms with Gasteiger partial charge in [0.1, 0.15) is 5.82 Å². The van der Waals surface area contributed by atoms with Crippen molar-refractivity contribution in [3.05, 3.63) is 64.2 Å². The SMILES string of the molecule is COc1ccc(C(=O)Cc2ccc(Cl)cc2F)cc1F. The molecule has 2 nitrogen and oxygen atoms in total. The van der Waals surface area contributed by atoms with Crippen LogP contribution in [0.5, 0.6) is 5.75 Å². The maximum absolute atomic E-state index is 13.6. The van der Waals surface area contributed by atoms with Crippen molar-refractivity contribution in [2.75, 3.05) is 7.11 Å².